The van der Waals surface area contributed by atoms with Crippen molar-refractivity contribution in [2.45, 2.75) is 6.92 Å². The molecule has 0 atom stereocenters. The molecule has 27 heavy (non-hydrogen) atoms. The van der Waals surface area contributed by atoms with Gasteiger partial charge in [-0.05, 0) is 43.3 Å². The van der Waals surface area contributed by atoms with E-state index in [1.807, 2.05) is 31.0 Å². The highest BCUT2D eigenvalue weighted by molar-refractivity contribution is 6.30. The van der Waals surface area contributed by atoms with E-state index >= 15 is 0 Å². The normalized spacial score (nSPS) is 11.1. The molecule has 1 aromatic heterocycles. The van der Waals surface area contributed by atoms with Crippen LogP contribution < -0.4 is 15.4 Å². The van der Waals surface area contributed by atoms with Crippen LogP contribution in [0.1, 0.15) is 17.5 Å². The molecule has 0 bridgehead atoms. The first-order valence-electron chi connectivity index (χ1n) is 8.79. The summed E-state index contributed by atoms with van der Waals surface area (Å²) in [7, 11) is 1.94. The van der Waals surface area contributed by atoms with Gasteiger partial charge in [0.25, 0.3) is 5.91 Å². The number of rotatable bonds is 9. The second-order valence-corrected chi connectivity index (χ2v) is 6.13. The van der Waals surface area contributed by atoms with Crippen LogP contribution in [-0.2, 0) is 0 Å². The van der Waals surface area contributed by atoms with E-state index < -0.39 is 0 Å². The number of nitrogens with zero attached hydrogens (tertiary/aromatic N) is 2. The summed E-state index contributed by atoms with van der Waals surface area (Å²) in [5, 5.41) is 6.68. The third-order valence-corrected chi connectivity index (χ3v) is 3.86. The second-order valence-electron chi connectivity index (χ2n) is 5.69. The van der Waals surface area contributed by atoms with Gasteiger partial charge in [-0.3, -0.25) is 9.79 Å². The minimum atomic E-state index is -0.245. The summed E-state index contributed by atoms with van der Waals surface area (Å²) >= 11 is 5.86. The van der Waals surface area contributed by atoms with E-state index in [4.69, 9.17) is 20.8 Å². The Hall–Kier alpha value is -2.67. The molecule has 0 saturated carbocycles. The van der Waals surface area contributed by atoms with Gasteiger partial charge in [0.2, 0.25) is 0 Å². The molecule has 0 radical (unpaired) electrons. The van der Waals surface area contributed by atoms with Crippen molar-refractivity contribution in [1.82, 2.24) is 15.5 Å². The number of benzene rings is 1. The number of hydrogen-bond acceptors (Lipinski definition) is 4. The molecule has 2 rings (SSSR count). The topological polar surface area (TPSA) is 79.1 Å². The molecular formula is C19H25ClN4O3. The summed E-state index contributed by atoms with van der Waals surface area (Å²) in [5.74, 6) is 1.58. The van der Waals surface area contributed by atoms with Crippen LogP contribution in [0.3, 0.4) is 0 Å². The molecule has 0 saturated heterocycles. The van der Waals surface area contributed by atoms with Crippen molar-refractivity contribution in [1.29, 1.82) is 0 Å². The summed E-state index contributed by atoms with van der Waals surface area (Å²) < 4.78 is 10.8. The monoisotopic (exact) mass is 392 g/mol. The van der Waals surface area contributed by atoms with Crippen LogP contribution in [0.15, 0.2) is 52.1 Å². The van der Waals surface area contributed by atoms with Crippen molar-refractivity contribution in [2.24, 2.45) is 4.99 Å². The van der Waals surface area contributed by atoms with Gasteiger partial charge in [-0.25, -0.2) is 0 Å². The van der Waals surface area contributed by atoms with Crippen molar-refractivity contribution in [2.75, 3.05) is 39.8 Å². The molecule has 0 fully saturated rings. The van der Waals surface area contributed by atoms with Crippen molar-refractivity contribution in [3.63, 3.8) is 0 Å². The van der Waals surface area contributed by atoms with Crippen LogP contribution in [0.5, 0.6) is 5.75 Å². The van der Waals surface area contributed by atoms with Crippen molar-refractivity contribution < 1.29 is 13.9 Å². The van der Waals surface area contributed by atoms with E-state index in [9.17, 15) is 4.79 Å². The van der Waals surface area contributed by atoms with Crippen LogP contribution in [0, 0.1) is 0 Å². The number of carbonyl (C=O) groups excluding carboxylic acids is 1. The number of ether oxygens (including phenoxy) is 1. The van der Waals surface area contributed by atoms with Crippen LogP contribution >= 0.6 is 11.6 Å². The molecule has 7 nitrogen and oxygen atoms in total. The molecule has 0 aliphatic heterocycles. The lowest BCUT2D eigenvalue weighted by molar-refractivity contribution is 0.0927. The number of amides is 1. The van der Waals surface area contributed by atoms with Gasteiger partial charge in [-0.2, -0.15) is 0 Å². The molecule has 1 amide bonds. The SMILES string of the molecule is CCNC(=NCCNC(=O)c1ccco1)N(C)CCOc1ccc(Cl)cc1. The summed E-state index contributed by atoms with van der Waals surface area (Å²) in [6.45, 7) is 4.80. The highest BCUT2D eigenvalue weighted by Gasteiger charge is 2.08. The van der Waals surface area contributed by atoms with E-state index in [0.29, 0.717) is 37.0 Å². The third-order valence-electron chi connectivity index (χ3n) is 3.61. The molecule has 0 spiro atoms. The van der Waals surface area contributed by atoms with Gasteiger partial charge in [0, 0.05) is 25.2 Å². The lowest BCUT2D eigenvalue weighted by Crippen LogP contribution is -2.41. The lowest BCUT2D eigenvalue weighted by Gasteiger charge is -2.22. The Kier molecular flexibility index (Phi) is 8.51. The first-order valence-corrected chi connectivity index (χ1v) is 9.17. The summed E-state index contributed by atoms with van der Waals surface area (Å²) in [6, 6.07) is 10.6. The number of hydrogen-bond donors (Lipinski definition) is 2. The van der Waals surface area contributed by atoms with E-state index in [0.717, 1.165) is 18.3 Å². The largest absolute Gasteiger partial charge is 0.492 e. The zero-order valence-corrected chi connectivity index (χ0v) is 16.3. The molecule has 146 valence electrons. The van der Waals surface area contributed by atoms with Crippen molar-refractivity contribution in [3.8, 4) is 5.75 Å². The second kappa shape index (κ2) is 11.1. The van der Waals surface area contributed by atoms with Gasteiger partial charge < -0.3 is 24.7 Å². The average Bonchev–Trinajstić information content (AvgIpc) is 3.20. The van der Waals surface area contributed by atoms with Crippen LogP contribution in [0.2, 0.25) is 5.02 Å². The predicted octanol–water partition coefficient (Wildman–Crippen LogP) is 2.64. The Morgan fingerprint density at radius 2 is 2.04 bits per heavy atom. The van der Waals surface area contributed by atoms with E-state index in [2.05, 4.69) is 15.6 Å². The molecule has 2 N–H and O–H groups in total. The number of furan rings is 1. The molecule has 0 unspecified atom stereocenters. The van der Waals surface area contributed by atoms with Gasteiger partial charge in [0.15, 0.2) is 11.7 Å². The maximum absolute atomic E-state index is 11.8. The first-order chi connectivity index (χ1) is 13.1. The van der Waals surface area contributed by atoms with Crippen LogP contribution in [0.25, 0.3) is 0 Å². The van der Waals surface area contributed by atoms with E-state index in [1.54, 1.807) is 24.3 Å². The third kappa shape index (κ3) is 7.22. The minimum Gasteiger partial charge on any atom is -0.492 e. The average molecular weight is 393 g/mol. The summed E-state index contributed by atoms with van der Waals surface area (Å²) in [4.78, 5) is 18.3. The summed E-state index contributed by atoms with van der Waals surface area (Å²) in [6.07, 6.45) is 1.47. The fourth-order valence-corrected chi connectivity index (χ4v) is 2.36. The number of nitrogens with one attached hydrogen (secondary N) is 2. The number of carbonyl (C=O) groups is 1. The molecular weight excluding hydrogens is 368 g/mol. The molecule has 1 aromatic carbocycles. The highest BCUT2D eigenvalue weighted by Crippen LogP contribution is 2.15. The molecule has 1 heterocycles. The summed E-state index contributed by atoms with van der Waals surface area (Å²) in [5.41, 5.74) is 0. The van der Waals surface area contributed by atoms with Gasteiger partial charge in [-0.1, -0.05) is 11.6 Å². The van der Waals surface area contributed by atoms with Crippen LogP contribution in [0.4, 0.5) is 0 Å². The van der Waals surface area contributed by atoms with Crippen LogP contribution in [-0.4, -0.2) is 56.6 Å². The Balaban J connectivity index is 1.75. The molecule has 0 aliphatic carbocycles. The Morgan fingerprint density at radius 1 is 1.26 bits per heavy atom. The van der Waals surface area contributed by atoms with Gasteiger partial charge >= 0.3 is 0 Å². The number of guanidine groups is 1. The van der Waals surface area contributed by atoms with E-state index in [1.165, 1.54) is 6.26 Å². The lowest BCUT2D eigenvalue weighted by atomic mass is 10.3. The minimum absolute atomic E-state index is 0.245. The Bertz CT molecular complexity index is 717. The number of aliphatic imine (C=N–C) groups is 1. The van der Waals surface area contributed by atoms with Gasteiger partial charge in [0.1, 0.15) is 12.4 Å². The highest BCUT2D eigenvalue weighted by atomic mass is 35.5. The maximum Gasteiger partial charge on any atom is 0.287 e. The van der Waals surface area contributed by atoms with Crippen molar-refractivity contribution in [3.05, 3.63) is 53.4 Å². The zero-order chi connectivity index (χ0) is 19.5. The van der Waals surface area contributed by atoms with E-state index in [-0.39, 0.29) is 5.91 Å². The first kappa shape index (κ1) is 20.6. The Morgan fingerprint density at radius 3 is 2.70 bits per heavy atom. The van der Waals surface area contributed by atoms with Crippen molar-refractivity contribution >= 4 is 23.5 Å². The quantitative estimate of drug-likeness (QED) is 0.389. The number of halogens is 1. The molecule has 8 heteroatoms. The number of likely N-dealkylation sites (N-methyl/N-ethyl adjacent to an activating group) is 1. The Labute approximate surface area is 164 Å². The zero-order valence-electron chi connectivity index (χ0n) is 15.6. The van der Waals surface area contributed by atoms with Gasteiger partial charge in [0.05, 0.1) is 19.4 Å². The molecule has 2 aromatic rings. The maximum atomic E-state index is 11.8. The van der Waals surface area contributed by atoms with Gasteiger partial charge in [-0.15, -0.1) is 0 Å². The molecule has 0 aliphatic rings. The predicted molar refractivity (Wildman–Crippen MR) is 107 cm³/mol. The fourth-order valence-electron chi connectivity index (χ4n) is 2.23. The smallest absolute Gasteiger partial charge is 0.287 e. The fraction of sp³-hybridized carbons (Fsp3) is 0.368. The standard InChI is InChI=1S/C19H25ClN4O3/c1-3-21-19(23-11-10-22-18(25)17-5-4-13-27-17)24(2)12-14-26-16-8-6-15(20)7-9-16/h4-9,13H,3,10-12,14H2,1-2H3,(H,21,23)(H,22,25).